The van der Waals surface area contributed by atoms with Gasteiger partial charge in [0.25, 0.3) is 5.56 Å². The number of hydrogen-bond donors (Lipinski definition) is 3. The third-order valence-electron chi connectivity index (χ3n) is 3.60. The van der Waals surface area contributed by atoms with E-state index in [-0.39, 0.29) is 39.3 Å². The summed E-state index contributed by atoms with van der Waals surface area (Å²) in [6, 6.07) is 5.58. The molecule has 0 spiro atoms. The van der Waals surface area contributed by atoms with E-state index in [2.05, 4.69) is 15.0 Å². The molecule has 0 amide bonds. The molecule has 0 bridgehead atoms. The summed E-state index contributed by atoms with van der Waals surface area (Å²) < 4.78 is 0. The number of nitrogens with zero attached hydrogens (tertiary/aromatic N) is 2. The van der Waals surface area contributed by atoms with E-state index in [1.165, 1.54) is 12.1 Å². The number of carbonyl (C=O) groups is 1. The molecule has 0 aliphatic carbocycles. The number of aryl methyl sites for hydroxylation is 2. The highest BCUT2D eigenvalue weighted by molar-refractivity contribution is 7.99. The third-order valence-corrected chi connectivity index (χ3v) is 4.48. The molecule has 0 unspecified atom stereocenters. The second-order valence-electron chi connectivity index (χ2n) is 5.56. The van der Waals surface area contributed by atoms with Crippen molar-refractivity contribution in [3.8, 4) is 11.5 Å². The van der Waals surface area contributed by atoms with Crippen LogP contribution in [0.2, 0.25) is 0 Å². The zero-order chi connectivity index (χ0) is 18.1. The first-order chi connectivity index (χ1) is 11.8. The van der Waals surface area contributed by atoms with E-state index in [1.807, 2.05) is 19.9 Å². The molecule has 3 aromatic rings. The number of fused-ring (bicyclic) bond motifs is 1. The van der Waals surface area contributed by atoms with Gasteiger partial charge in [-0.3, -0.25) is 9.59 Å². The van der Waals surface area contributed by atoms with Gasteiger partial charge in [0.1, 0.15) is 11.5 Å². The molecule has 0 aliphatic heterocycles. The number of aromatic hydroxyl groups is 2. The molecule has 8 heteroatoms. The maximum Gasteiger partial charge on any atom is 0.261 e. The van der Waals surface area contributed by atoms with Gasteiger partial charge in [-0.2, -0.15) is 0 Å². The van der Waals surface area contributed by atoms with Gasteiger partial charge in [0, 0.05) is 11.8 Å². The number of aromatic amines is 1. The number of thioether (sulfide) groups is 1. The number of ketones is 1. The Morgan fingerprint density at radius 2 is 1.96 bits per heavy atom. The van der Waals surface area contributed by atoms with Gasteiger partial charge >= 0.3 is 0 Å². The summed E-state index contributed by atoms with van der Waals surface area (Å²) in [5, 5.41) is 19.7. The predicted octanol–water partition coefficient (Wildman–Crippen LogP) is 2.32. The average molecular weight is 357 g/mol. The SMILES string of the molecule is Cc1cc(C)c2c(=O)[nH]c(SCC(=O)c3ccc(O)cc3O)nc2n1. The van der Waals surface area contributed by atoms with Crippen molar-refractivity contribution in [1.29, 1.82) is 0 Å². The van der Waals surface area contributed by atoms with Crippen LogP contribution in [0, 0.1) is 13.8 Å². The molecule has 128 valence electrons. The Kier molecular flexibility index (Phi) is 4.45. The Morgan fingerprint density at radius 1 is 1.20 bits per heavy atom. The number of H-pyrrole nitrogens is 1. The molecule has 0 fully saturated rings. The number of phenolic OH excluding ortho intramolecular Hbond substituents is 2. The van der Waals surface area contributed by atoms with Gasteiger partial charge in [-0.15, -0.1) is 0 Å². The average Bonchev–Trinajstić information content (AvgIpc) is 2.51. The van der Waals surface area contributed by atoms with Crippen LogP contribution >= 0.6 is 11.8 Å². The number of nitrogens with one attached hydrogen (secondary N) is 1. The summed E-state index contributed by atoms with van der Waals surface area (Å²) in [5.41, 5.74) is 1.67. The van der Waals surface area contributed by atoms with Crippen LogP contribution in [0.4, 0.5) is 0 Å². The van der Waals surface area contributed by atoms with Crippen molar-refractivity contribution in [2.45, 2.75) is 19.0 Å². The molecule has 0 saturated heterocycles. The standard InChI is InChI=1S/C17H15N3O4S/c1-8-5-9(2)18-15-14(8)16(24)20-17(19-15)25-7-13(23)11-4-3-10(21)6-12(11)22/h3-6,21-22H,7H2,1-2H3,(H,18,19,20,24). The molecule has 0 radical (unpaired) electrons. The van der Waals surface area contributed by atoms with E-state index >= 15 is 0 Å². The molecule has 2 heterocycles. The first-order valence-electron chi connectivity index (χ1n) is 7.41. The van der Waals surface area contributed by atoms with E-state index in [1.54, 1.807) is 0 Å². The summed E-state index contributed by atoms with van der Waals surface area (Å²) in [6.07, 6.45) is 0. The highest BCUT2D eigenvalue weighted by Gasteiger charge is 2.14. The Balaban J connectivity index is 1.86. The van der Waals surface area contributed by atoms with Gasteiger partial charge in [-0.05, 0) is 37.6 Å². The van der Waals surface area contributed by atoms with Crippen LogP contribution in [0.15, 0.2) is 34.2 Å². The van der Waals surface area contributed by atoms with Crippen molar-refractivity contribution in [3.05, 3.63) is 51.4 Å². The fourth-order valence-corrected chi connectivity index (χ4v) is 3.24. The number of Topliss-reactive ketones (excluding diaryl/α,β-unsaturated/α-hetero) is 1. The van der Waals surface area contributed by atoms with Gasteiger partial charge in [-0.25, -0.2) is 9.97 Å². The van der Waals surface area contributed by atoms with E-state index in [0.29, 0.717) is 11.0 Å². The third kappa shape index (κ3) is 3.48. The molecule has 3 rings (SSSR count). The summed E-state index contributed by atoms with van der Waals surface area (Å²) in [6.45, 7) is 3.64. The summed E-state index contributed by atoms with van der Waals surface area (Å²) in [7, 11) is 0. The number of pyridine rings is 1. The zero-order valence-electron chi connectivity index (χ0n) is 13.5. The Bertz CT molecular complexity index is 1050. The molecule has 0 atom stereocenters. The molecular formula is C17H15N3O4S. The van der Waals surface area contributed by atoms with Crippen molar-refractivity contribution in [1.82, 2.24) is 15.0 Å². The molecule has 1 aromatic carbocycles. The van der Waals surface area contributed by atoms with Crippen LogP contribution in [0.25, 0.3) is 11.0 Å². The van der Waals surface area contributed by atoms with Crippen LogP contribution < -0.4 is 5.56 Å². The summed E-state index contributed by atoms with van der Waals surface area (Å²) in [5.74, 6) is -0.798. The number of phenols is 2. The van der Waals surface area contributed by atoms with Gasteiger partial charge in [-0.1, -0.05) is 11.8 Å². The highest BCUT2D eigenvalue weighted by atomic mass is 32.2. The molecule has 25 heavy (non-hydrogen) atoms. The van der Waals surface area contributed by atoms with E-state index < -0.39 is 0 Å². The van der Waals surface area contributed by atoms with Crippen LogP contribution in [0.5, 0.6) is 11.5 Å². The minimum Gasteiger partial charge on any atom is -0.508 e. The lowest BCUT2D eigenvalue weighted by atomic mass is 10.1. The van der Waals surface area contributed by atoms with Crippen molar-refractivity contribution >= 4 is 28.6 Å². The second-order valence-corrected chi connectivity index (χ2v) is 6.53. The minimum absolute atomic E-state index is 0.0302. The highest BCUT2D eigenvalue weighted by Crippen LogP contribution is 2.25. The lowest BCUT2D eigenvalue weighted by Gasteiger charge is -2.06. The maximum atomic E-state index is 12.2. The van der Waals surface area contributed by atoms with Crippen molar-refractivity contribution in [2.75, 3.05) is 5.75 Å². The van der Waals surface area contributed by atoms with E-state index in [4.69, 9.17) is 0 Å². The lowest BCUT2D eigenvalue weighted by Crippen LogP contribution is -2.13. The molecule has 3 N–H and O–H groups in total. The first-order valence-corrected chi connectivity index (χ1v) is 8.40. The fourth-order valence-electron chi connectivity index (χ4n) is 2.50. The monoisotopic (exact) mass is 357 g/mol. The second kappa shape index (κ2) is 6.56. The van der Waals surface area contributed by atoms with Gasteiger partial charge < -0.3 is 15.2 Å². The molecular weight excluding hydrogens is 342 g/mol. The van der Waals surface area contributed by atoms with Crippen LogP contribution in [0.3, 0.4) is 0 Å². The van der Waals surface area contributed by atoms with E-state index in [9.17, 15) is 19.8 Å². The number of rotatable bonds is 4. The van der Waals surface area contributed by atoms with E-state index in [0.717, 1.165) is 29.1 Å². The van der Waals surface area contributed by atoms with Crippen LogP contribution in [-0.2, 0) is 0 Å². The molecule has 0 saturated carbocycles. The number of carbonyl (C=O) groups excluding carboxylic acids is 1. The van der Waals surface area contributed by atoms with Gasteiger partial charge in [0.15, 0.2) is 16.6 Å². The Morgan fingerprint density at radius 3 is 2.68 bits per heavy atom. The number of aromatic nitrogens is 3. The number of hydrogen-bond acceptors (Lipinski definition) is 7. The normalized spacial score (nSPS) is 11.0. The van der Waals surface area contributed by atoms with Crippen molar-refractivity contribution < 1.29 is 15.0 Å². The van der Waals surface area contributed by atoms with Gasteiger partial charge in [0.2, 0.25) is 0 Å². The van der Waals surface area contributed by atoms with Crippen molar-refractivity contribution in [3.63, 3.8) is 0 Å². The Hall–Kier alpha value is -2.87. The summed E-state index contributed by atoms with van der Waals surface area (Å²) >= 11 is 1.05. The topological polar surface area (TPSA) is 116 Å². The fraction of sp³-hybridized carbons (Fsp3) is 0.176. The lowest BCUT2D eigenvalue weighted by molar-refractivity contribution is 0.102. The molecule has 2 aromatic heterocycles. The quantitative estimate of drug-likeness (QED) is 0.373. The number of benzene rings is 1. The van der Waals surface area contributed by atoms with Crippen LogP contribution in [-0.4, -0.2) is 36.7 Å². The largest absolute Gasteiger partial charge is 0.508 e. The summed E-state index contributed by atoms with van der Waals surface area (Å²) in [4.78, 5) is 35.7. The molecule has 7 nitrogen and oxygen atoms in total. The molecule has 0 aliphatic rings. The minimum atomic E-state index is -0.348. The maximum absolute atomic E-state index is 12.2. The smallest absolute Gasteiger partial charge is 0.261 e. The Labute approximate surface area is 146 Å². The van der Waals surface area contributed by atoms with Crippen LogP contribution in [0.1, 0.15) is 21.6 Å². The predicted molar refractivity (Wildman–Crippen MR) is 94.5 cm³/mol. The van der Waals surface area contributed by atoms with Gasteiger partial charge in [0.05, 0.1) is 16.7 Å². The van der Waals surface area contributed by atoms with Crippen molar-refractivity contribution in [2.24, 2.45) is 0 Å². The first kappa shape index (κ1) is 17.0. The zero-order valence-corrected chi connectivity index (χ0v) is 14.3.